The highest BCUT2D eigenvalue weighted by Gasteiger charge is 2.25. The zero-order valence-electron chi connectivity index (χ0n) is 11.4. The normalized spacial score (nSPS) is 18.0. The van der Waals surface area contributed by atoms with Crippen LogP contribution in [0.15, 0.2) is 18.2 Å². The first kappa shape index (κ1) is 15.3. The van der Waals surface area contributed by atoms with E-state index in [0.717, 1.165) is 5.75 Å². The molecular weight excluding hydrogens is 294 g/mol. The molecule has 2 amide bonds. The SMILES string of the molecule is Cc1cc([N+](=O)[O-])ccc1NC(=O)CC1SCCNC1=O. The standard InChI is InChI=1S/C13H15N3O4S/c1-8-6-9(16(19)20)2-3-10(8)15-12(17)7-11-13(18)14-4-5-21-11/h2-3,6,11H,4-5,7H2,1H3,(H,14,18)(H,15,17). The Morgan fingerprint density at radius 3 is 2.95 bits per heavy atom. The lowest BCUT2D eigenvalue weighted by atomic mass is 10.1. The van der Waals surface area contributed by atoms with Crippen molar-refractivity contribution in [3.05, 3.63) is 33.9 Å². The summed E-state index contributed by atoms with van der Waals surface area (Å²) in [6.45, 7) is 2.31. The number of nitro benzene ring substituents is 1. The number of rotatable bonds is 4. The number of carbonyl (C=O) groups excluding carboxylic acids is 2. The van der Waals surface area contributed by atoms with Gasteiger partial charge in [-0.3, -0.25) is 19.7 Å². The van der Waals surface area contributed by atoms with Crippen LogP contribution in [0.25, 0.3) is 0 Å². The number of aryl methyl sites for hydroxylation is 1. The minimum atomic E-state index is -0.485. The van der Waals surface area contributed by atoms with E-state index in [2.05, 4.69) is 10.6 Å². The topological polar surface area (TPSA) is 101 Å². The molecule has 1 unspecified atom stereocenters. The highest BCUT2D eigenvalue weighted by Crippen LogP contribution is 2.23. The summed E-state index contributed by atoms with van der Waals surface area (Å²) in [7, 11) is 0. The summed E-state index contributed by atoms with van der Waals surface area (Å²) in [5.41, 5.74) is 1.11. The van der Waals surface area contributed by atoms with Crippen LogP contribution in [0, 0.1) is 17.0 Å². The van der Waals surface area contributed by atoms with Gasteiger partial charge in [0.1, 0.15) is 0 Å². The molecule has 2 N–H and O–H groups in total. The van der Waals surface area contributed by atoms with E-state index in [1.165, 1.54) is 30.0 Å². The molecule has 112 valence electrons. The van der Waals surface area contributed by atoms with Crippen molar-refractivity contribution in [3.8, 4) is 0 Å². The van der Waals surface area contributed by atoms with E-state index in [1.807, 2.05) is 0 Å². The molecule has 0 aliphatic carbocycles. The van der Waals surface area contributed by atoms with Crippen LogP contribution in [0.4, 0.5) is 11.4 Å². The molecule has 1 heterocycles. The molecule has 1 saturated heterocycles. The number of nitro groups is 1. The van der Waals surface area contributed by atoms with Crippen LogP contribution in [-0.2, 0) is 9.59 Å². The lowest BCUT2D eigenvalue weighted by molar-refractivity contribution is -0.384. The minimum Gasteiger partial charge on any atom is -0.354 e. The van der Waals surface area contributed by atoms with Crippen molar-refractivity contribution in [2.75, 3.05) is 17.6 Å². The van der Waals surface area contributed by atoms with Crippen molar-refractivity contribution < 1.29 is 14.5 Å². The van der Waals surface area contributed by atoms with Gasteiger partial charge in [-0.05, 0) is 18.6 Å². The van der Waals surface area contributed by atoms with Crippen LogP contribution in [0.2, 0.25) is 0 Å². The van der Waals surface area contributed by atoms with E-state index in [-0.39, 0.29) is 29.2 Å². The zero-order valence-corrected chi connectivity index (χ0v) is 12.2. The Morgan fingerprint density at radius 1 is 1.57 bits per heavy atom. The van der Waals surface area contributed by atoms with Crippen LogP contribution >= 0.6 is 11.8 Å². The summed E-state index contributed by atoms with van der Waals surface area (Å²) in [6.07, 6.45) is 0.0902. The van der Waals surface area contributed by atoms with Crippen LogP contribution in [-0.4, -0.2) is 34.3 Å². The van der Waals surface area contributed by atoms with Gasteiger partial charge in [0.25, 0.3) is 5.69 Å². The maximum atomic E-state index is 12.0. The number of non-ortho nitro benzene ring substituents is 1. The third kappa shape index (κ3) is 3.94. The zero-order chi connectivity index (χ0) is 15.4. The second-order valence-corrected chi connectivity index (χ2v) is 5.97. The lowest BCUT2D eigenvalue weighted by Gasteiger charge is -2.21. The Hall–Kier alpha value is -2.09. The van der Waals surface area contributed by atoms with Gasteiger partial charge < -0.3 is 10.6 Å². The summed E-state index contributed by atoms with van der Waals surface area (Å²) in [6, 6.07) is 4.24. The Balaban J connectivity index is 1.99. The van der Waals surface area contributed by atoms with Gasteiger partial charge in [0.2, 0.25) is 11.8 Å². The third-order valence-electron chi connectivity index (χ3n) is 3.08. The van der Waals surface area contributed by atoms with Gasteiger partial charge in [-0.2, -0.15) is 0 Å². The van der Waals surface area contributed by atoms with Crippen LogP contribution in [0.3, 0.4) is 0 Å². The van der Waals surface area contributed by atoms with Gasteiger partial charge in [0.05, 0.1) is 10.2 Å². The molecule has 0 aromatic heterocycles. The number of nitrogens with one attached hydrogen (secondary N) is 2. The molecule has 1 aromatic carbocycles. The fourth-order valence-corrected chi connectivity index (χ4v) is 3.00. The molecule has 0 saturated carbocycles. The van der Waals surface area contributed by atoms with Crippen LogP contribution in [0.5, 0.6) is 0 Å². The number of hydrogen-bond donors (Lipinski definition) is 2. The molecule has 8 heteroatoms. The number of benzene rings is 1. The first-order chi connectivity index (χ1) is 9.97. The summed E-state index contributed by atoms with van der Waals surface area (Å²) in [5, 5.41) is 15.7. The maximum absolute atomic E-state index is 12.0. The second-order valence-electron chi connectivity index (χ2n) is 4.66. The number of carbonyl (C=O) groups is 2. The van der Waals surface area contributed by atoms with Crippen molar-refractivity contribution in [1.29, 1.82) is 0 Å². The minimum absolute atomic E-state index is 0.0206. The largest absolute Gasteiger partial charge is 0.354 e. The Labute approximate surface area is 125 Å². The Morgan fingerprint density at radius 2 is 2.33 bits per heavy atom. The number of thioether (sulfide) groups is 1. The van der Waals surface area contributed by atoms with Gasteiger partial charge >= 0.3 is 0 Å². The van der Waals surface area contributed by atoms with Crippen LogP contribution in [0.1, 0.15) is 12.0 Å². The molecule has 2 rings (SSSR count). The van der Waals surface area contributed by atoms with Crippen molar-refractivity contribution in [1.82, 2.24) is 5.32 Å². The van der Waals surface area contributed by atoms with Gasteiger partial charge in [-0.25, -0.2) is 0 Å². The van der Waals surface area contributed by atoms with Crippen molar-refractivity contribution in [2.24, 2.45) is 0 Å². The van der Waals surface area contributed by atoms with Gasteiger partial charge in [-0.1, -0.05) is 0 Å². The summed E-state index contributed by atoms with van der Waals surface area (Å²) >= 11 is 1.46. The first-order valence-electron chi connectivity index (χ1n) is 6.41. The molecule has 0 radical (unpaired) electrons. The first-order valence-corrected chi connectivity index (χ1v) is 7.46. The third-order valence-corrected chi connectivity index (χ3v) is 4.30. The fourth-order valence-electron chi connectivity index (χ4n) is 1.99. The molecule has 1 fully saturated rings. The maximum Gasteiger partial charge on any atom is 0.269 e. The Bertz CT molecular complexity index is 591. The van der Waals surface area contributed by atoms with Crippen LogP contribution < -0.4 is 10.6 Å². The molecular formula is C13H15N3O4S. The van der Waals surface area contributed by atoms with Crippen molar-refractivity contribution in [3.63, 3.8) is 0 Å². The molecule has 1 atom stereocenters. The summed E-state index contributed by atoms with van der Waals surface area (Å²) in [4.78, 5) is 33.7. The molecule has 1 aromatic rings. The van der Waals surface area contributed by atoms with E-state index < -0.39 is 4.92 Å². The van der Waals surface area contributed by atoms with E-state index in [1.54, 1.807) is 6.92 Å². The average molecular weight is 309 g/mol. The number of hydrogen-bond acceptors (Lipinski definition) is 5. The monoisotopic (exact) mass is 309 g/mol. The highest BCUT2D eigenvalue weighted by molar-refractivity contribution is 8.00. The van der Waals surface area contributed by atoms with Gasteiger partial charge in [0, 0.05) is 36.5 Å². The van der Waals surface area contributed by atoms with E-state index in [4.69, 9.17) is 0 Å². The fraction of sp³-hybridized carbons (Fsp3) is 0.385. The number of amides is 2. The average Bonchev–Trinajstić information content (AvgIpc) is 2.43. The van der Waals surface area contributed by atoms with Gasteiger partial charge in [0.15, 0.2) is 0 Å². The van der Waals surface area contributed by atoms with Crippen molar-refractivity contribution >= 4 is 35.0 Å². The van der Waals surface area contributed by atoms with E-state index in [0.29, 0.717) is 17.8 Å². The lowest BCUT2D eigenvalue weighted by Crippen LogP contribution is -2.40. The smallest absolute Gasteiger partial charge is 0.269 e. The predicted molar refractivity (Wildman–Crippen MR) is 80.3 cm³/mol. The summed E-state index contributed by atoms with van der Waals surface area (Å²) in [5.74, 6) is 0.392. The van der Waals surface area contributed by atoms with E-state index in [9.17, 15) is 19.7 Å². The predicted octanol–water partition coefficient (Wildman–Crippen LogP) is 1.46. The quantitative estimate of drug-likeness (QED) is 0.647. The summed E-state index contributed by atoms with van der Waals surface area (Å²) < 4.78 is 0. The number of anilines is 1. The molecule has 1 aliphatic heterocycles. The van der Waals surface area contributed by atoms with E-state index >= 15 is 0 Å². The molecule has 7 nitrogen and oxygen atoms in total. The molecule has 0 bridgehead atoms. The van der Waals surface area contributed by atoms with Gasteiger partial charge in [-0.15, -0.1) is 11.8 Å². The molecule has 0 spiro atoms. The second kappa shape index (κ2) is 6.57. The molecule has 1 aliphatic rings. The number of nitrogens with zero attached hydrogens (tertiary/aromatic N) is 1. The van der Waals surface area contributed by atoms with Crippen molar-refractivity contribution in [2.45, 2.75) is 18.6 Å². The molecule has 21 heavy (non-hydrogen) atoms. The highest BCUT2D eigenvalue weighted by atomic mass is 32.2. The Kier molecular flexibility index (Phi) is 4.79.